The van der Waals surface area contributed by atoms with E-state index in [2.05, 4.69) is 88.8 Å². The monoisotopic (exact) mass is 1660 g/mol. The number of fused-ring (bicyclic) bond motifs is 8. The summed E-state index contributed by atoms with van der Waals surface area (Å²) in [7, 11) is -8.92. The normalized spacial score (nSPS) is 15.1. The number of β-amino-alcohol motifs (C(OH)–C–C–N with tert-alkyl or cyclic N) is 1. The second-order valence-electron chi connectivity index (χ2n) is 28.5. The summed E-state index contributed by atoms with van der Waals surface area (Å²) in [4.78, 5) is 134. The van der Waals surface area contributed by atoms with Crippen molar-refractivity contribution in [2.75, 3.05) is 69.2 Å². The Morgan fingerprint density at radius 2 is 0.966 bits per heavy atom. The molecule has 4 aromatic carbocycles. The van der Waals surface area contributed by atoms with Gasteiger partial charge >= 0.3 is 28.1 Å². The zero-order valence-electron chi connectivity index (χ0n) is 64.1. The number of aliphatic hydroxyl groups is 4. The van der Waals surface area contributed by atoms with E-state index in [1.54, 1.807) is 18.6 Å². The van der Waals surface area contributed by atoms with Crippen LogP contribution in [-0.4, -0.2) is 208 Å². The fourth-order valence-electron chi connectivity index (χ4n) is 13.4. The van der Waals surface area contributed by atoms with Crippen LogP contribution in [0.5, 0.6) is 0 Å². The van der Waals surface area contributed by atoms with Crippen molar-refractivity contribution in [3.63, 3.8) is 0 Å². The van der Waals surface area contributed by atoms with E-state index in [0.717, 1.165) is 57.5 Å². The van der Waals surface area contributed by atoms with Gasteiger partial charge in [-0.15, -0.1) is 0 Å². The second-order valence-corrected chi connectivity index (χ2v) is 32.7. The molecule has 8 heterocycles. The lowest BCUT2D eigenvalue weighted by Crippen LogP contribution is -2.48. The van der Waals surface area contributed by atoms with Gasteiger partial charge in [0.2, 0.25) is 0 Å². The number of aromatic nitrogens is 14. The van der Waals surface area contributed by atoms with E-state index in [4.69, 9.17) is 5.11 Å². The van der Waals surface area contributed by atoms with Crippen molar-refractivity contribution >= 4 is 93.7 Å². The van der Waals surface area contributed by atoms with Gasteiger partial charge in [0.15, 0.2) is 45.7 Å². The number of H-pyrrole nitrogens is 4. The summed E-state index contributed by atoms with van der Waals surface area (Å²) in [5.74, 6) is 6.00. The topological polar surface area (TPSA) is 470 Å². The van der Waals surface area contributed by atoms with Crippen LogP contribution in [0, 0.1) is 48.5 Å². The summed E-state index contributed by atoms with van der Waals surface area (Å²) in [6.07, 6.45) is 0.442. The fraction of sp³-hybridized carbons (Fsp3) is 0.419. The van der Waals surface area contributed by atoms with Crippen molar-refractivity contribution < 1.29 is 55.2 Å². The van der Waals surface area contributed by atoms with Crippen LogP contribution in [0.1, 0.15) is 77.5 Å². The standard InChI is InChI=1S/C33H35F3N10O5S.C22H29N5O5.C19H23F3N6O3S/c1-17-13-21-23(15-19(17)3)45(27-25(38-21)29(47)42-31(49)40-27)11-9-44(8-6-7-37-52(5,51)33(34,35)36)10-12-46-24-16-20(4)18(2)14-22(24)39-26-28(46)41-32(50)43-30(26)48;1-11-7-15-16(8-14(11)25-13-5-3-4-6-13)27(9-17(29)20(31)18(30)10-28)21-19(26-15)22(32)24-12(2)23-21;1-11-9-13-14(10-12(11)2)28(16-15(25-13)17(29)27-18(30)26-16)8-7-23-5-4-6-24-32(3,31)19(20,21)22/h13-16H,5-12H2,1-4H3,(H,37,51)(H,42,47,49)(H,43,48,50);7-8,13,17-18,20,25,28-31H,2-6,9-10H2,1H3,(H,24,32);9-10,23H,3-8H2,1-2H3,(H,24,31)(H,27,29,30)/t;17-,18+,20-;/m.0./s1. The number of hydrogen-bond donors (Lipinski definition) is 12. The molecule has 0 radical (unpaired) electrons. The molecule has 8 aliphatic rings. The number of halogens is 6. The first-order valence-electron chi connectivity index (χ1n) is 36.7. The highest BCUT2D eigenvalue weighted by Gasteiger charge is 2.41. The molecule has 13 rings (SSSR count). The Bertz CT molecular complexity index is 6130. The maximum Gasteiger partial charge on any atom is 0.476 e. The molecule has 42 heteroatoms. The molecule has 1 aliphatic carbocycles. The Labute approximate surface area is 656 Å². The number of benzene rings is 4. The van der Waals surface area contributed by atoms with Crippen LogP contribution in [-0.2, 0) is 39.0 Å². The number of alkyl halides is 6. The van der Waals surface area contributed by atoms with E-state index in [0.29, 0.717) is 70.2 Å². The van der Waals surface area contributed by atoms with Crippen molar-refractivity contribution in [2.45, 2.75) is 142 Å². The van der Waals surface area contributed by atoms with Crippen LogP contribution < -0.4 is 75.1 Å². The number of nitrogens with zero attached hydrogens (tertiary/aromatic N) is 13. The van der Waals surface area contributed by atoms with Crippen molar-refractivity contribution in [1.82, 2.24) is 88.2 Å². The maximum atomic E-state index is 13.2. The van der Waals surface area contributed by atoms with Gasteiger partial charge in [-0.2, -0.15) is 41.3 Å². The summed E-state index contributed by atoms with van der Waals surface area (Å²) in [6.45, 7) is 17.9. The molecule has 12 N–H and O–H groups in total. The quantitative estimate of drug-likeness (QED) is 0.0160. The van der Waals surface area contributed by atoms with E-state index in [9.17, 15) is 83.6 Å². The molecule has 7 aliphatic heterocycles. The Kier molecular flexibility index (Phi) is 25.9. The Morgan fingerprint density at radius 3 is 1.41 bits per heavy atom. The molecule has 34 nitrogen and oxygen atoms in total. The first-order chi connectivity index (χ1) is 54.6. The molecule has 2 unspecified atom stereocenters. The van der Waals surface area contributed by atoms with Crippen LogP contribution in [0.15, 0.2) is 87.1 Å². The molecule has 5 atom stereocenters. The number of aliphatic hydroxyl groups excluding tert-OH is 4. The third-order valence-electron chi connectivity index (χ3n) is 20.2. The number of hydrogen-bond acceptors (Lipinski definition) is 25. The maximum absolute atomic E-state index is 13.2. The van der Waals surface area contributed by atoms with Crippen molar-refractivity contribution in [3.05, 3.63) is 171 Å². The molecular weight excluding hydrogens is 1570 g/mol. The van der Waals surface area contributed by atoms with E-state index in [1.165, 1.54) is 12.8 Å². The second kappa shape index (κ2) is 34.9. The molecule has 1 aromatic heterocycles. The van der Waals surface area contributed by atoms with Gasteiger partial charge in [0.1, 0.15) is 43.2 Å². The molecule has 5 aromatic rings. The van der Waals surface area contributed by atoms with Crippen LogP contribution >= 0.6 is 0 Å². The number of aromatic amines is 4. The smallest absolute Gasteiger partial charge is 0.394 e. The molecule has 116 heavy (non-hydrogen) atoms. The van der Waals surface area contributed by atoms with Crippen LogP contribution in [0.25, 0.3) is 74.2 Å². The first-order valence-corrected chi connectivity index (χ1v) is 40.1. The Hall–Kier alpha value is -10.8. The lowest BCUT2D eigenvalue weighted by Gasteiger charge is -2.32. The van der Waals surface area contributed by atoms with E-state index in [1.807, 2.05) is 111 Å². The fourth-order valence-corrected chi connectivity index (χ4v) is 14.7. The number of anilines is 3. The minimum Gasteiger partial charge on any atom is -0.394 e. The third-order valence-corrected chi connectivity index (χ3v) is 23.0. The van der Waals surface area contributed by atoms with Crippen LogP contribution in [0.4, 0.5) is 49.2 Å². The zero-order chi connectivity index (χ0) is 84.4. The van der Waals surface area contributed by atoms with Gasteiger partial charge < -0.3 is 54.6 Å². The highest BCUT2D eigenvalue weighted by Crippen LogP contribution is 2.40. The number of nitrogens with one attached hydrogen (secondary N) is 8. The van der Waals surface area contributed by atoms with Crippen molar-refractivity contribution in [2.24, 2.45) is 4.99 Å². The molecule has 0 amide bonds. The highest BCUT2D eigenvalue weighted by molar-refractivity contribution is 7.99. The molecule has 1 fully saturated rings. The summed E-state index contributed by atoms with van der Waals surface area (Å²) in [5, 5.41) is 46.4. The van der Waals surface area contributed by atoms with E-state index < -0.39 is 94.7 Å². The summed E-state index contributed by atoms with van der Waals surface area (Å²) < 4.78 is 110. The van der Waals surface area contributed by atoms with Crippen LogP contribution in [0.3, 0.4) is 0 Å². The van der Waals surface area contributed by atoms with Gasteiger partial charge in [-0.05, 0) is 186 Å². The molecule has 0 bridgehead atoms. The van der Waals surface area contributed by atoms with Gasteiger partial charge in [-0.3, -0.25) is 39.0 Å². The molecule has 1 saturated carbocycles. The van der Waals surface area contributed by atoms with Gasteiger partial charge in [-0.25, -0.2) is 57.2 Å². The predicted octanol–water partition coefficient (Wildman–Crippen LogP) is 2.09. The number of rotatable bonds is 26. The van der Waals surface area contributed by atoms with Crippen LogP contribution in [0.2, 0.25) is 0 Å². The minimum atomic E-state index is -5.03. The van der Waals surface area contributed by atoms with E-state index in [-0.39, 0.29) is 116 Å². The Balaban J connectivity index is 0.000000180. The zero-order valence-corrected chi connectivity index (χ0v) is 65.8. The number of aryl methyl sites for hydroxylation is 7. The molecule has 620 valence electrons. The molecule has 0 saturated heterocycles. The first kappa shape index (κ1) is 86.0. The molecular formula is C74H87F6N21O13S2. The average Bonchev–Trinajstić information content (AvgIpc) is 0.831. The van der Waals surface area contributed by atoms with Gasteiger partial charge in [0.25, 0.3) is 22.2 Å². The minimum absolute atomic E-state index is 0.0379. The Morgan fingerprint density at radius 1 is 0.534 bits per heavy atom. The lowest BCUT2D eigenvalue weighted by atomic mass is 10.0. The molecule has 0 spiro atoms. The summed E-state index contributed by atoms with van der Waals surface area (Å²) in [6, 6.07) is 15.3. The van der Waals surface area contributed by atoms with Crippen molar-refractivity contribution in [3.8, 4) is 34.6 Å². The van der Waals surface area contributed by atoms with Gasteiger partial charge in [0.05, 0.1) is 57.6 Å². The largest absolute Gasteiger partial charge is 0.476 e. The summed E-state index contributed by atoms with van der Waals surface area (Å²) in [5.41, 5.74) is -2.59. The van der Waals surface area contributed by atoms with E-state index >= 15 is 0 Å². The third kappa shape index (κ3) is 19.1. The van der Waals surface area contributed by atoms with Crippen molar-refractivity contribution in [1.29, 1.82) is 0 Å². The predicted molar refractivity (Wildman–Crippen MR) is 429 cm³/mol. The SMILES string of the molecule is C=S(=O)(NCCCN(CCn1c2nc(=O)[nH]c(=O)c-2nc2cc(C)c(C)cc21)CCn1c2nc(=O)[nH]c(=O)c-2nc2cc(C)c(C)cc21)C(F)(F)F.C=S(=O)(NCCCNCCn1c2nc(=O)[nH]c(=O)c-2nc2cc(C)c(C)cc21)C(F)(F)F.C=c1nc2c(c(=O)[nH]1)=Nc1cc(C)c(NC3CCCC3)cc1N2C[C@H](O)[C@H](O)[C@H](O)CO. The summed E-state index contributed by atoms with van der Waals surface area (Å²) >= 11 is 0. The van der Waals surface area contributed by atoms with Gasteiger partial charge in [0, 0.05) is 64.1 Å². The highest BCUT2D eigenvalue weighted by atomic mass is 32.2. The lowest BCUT2D eigenvalue weighted by molar-refractivity contribution is -0.0726. The average molecular weight is 1660 g/mol. The van der Waals surface area contributed by atoms with Gasteiger partial charge in [-0.1, -0.05) is 19.4 Å².